The van der Waals surface area contributed by atoms with E-state index in [1.807, 2.05) is 6.92 Å². The van der Waals surface area contributed by atoms with Crippen molar-refractivity contribution in [3.8, 4) is 0 Å². The molecule has 2 atom stereocenters. The highest BCUT2D eigenvalue weighted by molar-refractivity contribution is 5.81. The fourth-order valence-electron chi connectivity index (χ4n) is 3.60. The first-order valence-corrected chi connectivity index (χ1v) is 7.69. The van der Waals surface area contributed by atoms with Crippen molar-refractivity contribution in [1.29, 1.82) is 0 Å². The van der Waals surface area contributed by atoms with Gasteiger partial charge in [-0.15, -0.1) is 0 Å². The van der Waals surface area contributed by atoms with Crippen LogP contribution in [0.25, 0.3) is 0 Å². The number of hydrogen-bond donors (Lipinski definition) is 1. The van der Waals surface area contributed by atoms with Crippen LogP contribution in [0, 0.1) is 11.3 Å². The largest absolute Gasteiger partial charge is 0.465 e. The van der Waals surface area contributed by atoms with E-state index < -0.39 is 5.54 Å². The molecule has 0 amide bonds. The van der Waals surface area contributed by atoms with Crippen LogP contribution in [0.1, 0.15) is 67.2 Å². The lowest BCUT2D eigenvalue weighted by molar-refractivity contribution is -0.159. The summed E-state index contributed by atoms with van der Waals surface area (Å²) in [5.74, 6) is 0.276. The number of hydrogen-bond acceptors (Lipinski definition) is 3. The Balaban J connectivity index is 3.13. The van der Waals surface area contributed by atoms with Gasteiger partial charge in [-0.3, -0.25) is 10.1 Å². The van der Waals surface area contributed by atoms with Crippen molar-refractivity contribution in [2.24, 2.45) is 11.3 Å². The van der Waals surface area contributed by atoms with Crippen molar-refractivity contribution in [3.63, 3.8) is 0 Å². The van der Waals surface area contributed by atoms with Crippen LogP contribution in [-0.4, -0.2) is 24.2 Å². The van der Waals surface area contributed by atoms with E-state index in [0.717, 1.165) is 19.3 Å². The molecule has 0 aromatic heterocycles. The minimum Gasteiger partial charge on any atom is -0.465 e. The lowest BCUT2D eigenvalue weighted by Gasteiger charge is -2.49. The number of carbonyl (C=O) groups excluding carboxylic acids is 1. The highest BCUT2D eigenvalue weighted by Crippen LogP contribution is 2.45. The van der Waals surface area contributed by atoms with Gasteiger partial charge in [0.2, 0.25) is 0 Å². The van der Waals surface area contributed by atoms with Gasteiger partial charge in [0.25, 0.3) is 0 Å². The van der Waals surface area contributed by atoms with Crippen LogP contribution in [0.4, 0.5) is 0 Å². The van der Waals surface area contributed by atoms with Gasteiger partial charge < -0.3 is 4.74 Å². The van der Waals surface area contributed by atoms with Crippen LogP contribution in [0.5, 0.6) is 0 Å². The zero-order valence-corrected chi connectivity index (χ0v) is 13.5. The number of ether oxygens (including phenoxy) is 1. The Bertz CT molecular complexity index is 306. The second-order valence-electron chi connectivity index (χ2n) is 7.16. The highest BCUT2D eigenvalue weighted by atomic mass is 16.5. The van der Waals surface area contributed by atoms with Gasteiger partial charge in [0.15, 0.2) is 0 Å². The monoisotopic (exact) mass is 269 g/mol. The third kappa shape index (κ3) is 3.71. The fourth-order valence-corrected chi connectivity index (χ4v) is 3.60. The summed E-state index contributed by atoms with van der Waals surface area (Å²) >= 11 is 0. The van der Waals surface area contributed by atoms with Crippen molar-refractivity contribution >= 4 is 5.97 Å². The average Bonchev–Trinajstić information content (AvgIpc) is 2.27. The predicted molar refractivity (Wildman–Crippen MR) is 79.0 cm³/mol. The van der Waals surface area contributed by atoms with Crippen molar-refractivity contribution in [3.05, 3.63) is 0 Å². The Morgan fingerprint density at radius 1 is 1.37 bits per heavy atom. The molecular formula is C16H31NO2. The highest BCUT2D eigenvalue weighted by Gasteiger charge is 2.52. The maximum atomic E-state index is 12.6. The summed E-state index contributed by atoms with van der Waals surface area (Å²) in [7, 11) is 0. The molecule has 0 saturated heterocycles. The molecule has 1 aliphatic carbocycles. The van der Waals surface area contributed by atoms with E-state index in [1.54, 1.807) is 0 Å². The Hall–Kier alpha value is -0.570. The van der Waals surface area contributed by atoms with Gasteiger partial charge in [0.05, 0.1) is 6.61 Å². The van der Waals surface area contributed by atoms with Crippen molar-refractivity contribution in [2.75, 3.05) is 6.61 Å². The molecule has 1 N–H and O–H groups in total. The minimum atomic E-state index is -0.499. The van der Waals surface area contributed by atoms with E-state index in [4.69, 9.17) is 4.74 Å². The molecule has 1 rings (SSSR count). The van der Waals surface area contributed by atoms with Crippen LogP contribution >= 0.6 is 0 Å². The molecule has 0 aromatic rings. The molecule has 3 nitrogen and oxygen atoms in total. The number of nitrogens with one attached hydrogen (secondary N) is 1. The van der Waals surface area contributed by atoms with Gasteiger partial charge >= 0.3 is 5.97 Å². The molecule has 19 heavy (non-hydrogen) atoms. The zero-order chi connectivity index (χ0) is 14.7. The topological polar surface area (TPSA) is 38.3 Å². The zero-order valence-electron chi connectivity index (χ0n) is 13.5. The second-order valence-corrected chi connectivity index (χ2v) is 7.16. The van der Waals surface area contributed by atoms with Crippen LogP contribution < -0.4 is 5.32 Å². The first kappa shape index (κ1) is 16.5. The summed E-state index contributed by atoms with van der Waals surface area (Å²) in [6, 6.07) is 0.285. The van der Waals surface area contributed by atoms with Crippen molar-refractivity contribution < 1.29 is 9.53 Å². The summed E-state index contributed by atoms with van der Waals surface area (Å²) in [5, 5.41) is 3.56. The maximum absolute atomic E-state index is 12.6. The third-order valence-corrected chi connectivity index (χ3v) is 4.14. The molecule has 0 aromatic carbocycles. The molecule has 112 valence electrons. The van der Waals surface area contributed by atoms with Gasteiger partial charge in [-0.05, 0) is 44.9 Å². The van der Waals surface area contributed by atoms with Gasteiger partial charge in [-0.25, -0.2) is 0 Å². The second kappa shape index (κ2) is 6.25. The first-order chi connectivity index (χ1) is 8.74. The minimum absolute atomic E-state index is 0.0525. The third-order valence-electron chi connectivity index (χ3n) is 4.14. The molecule has 0 spiro atoms. The molecule has 0 bridgehead atoms. The van der Waals surface area contributed by atoms with E-state index in [2.05, 4.69) is 39.9 Å². The van der Waals surface area contributed by atoms with Gasteiger partial charge in [-0.2, -0.15) is 0 Å². The summed E-state index contributed by atoms with van der Waals surface area (Å²) in [6.45, 7) is 13.3. The van der Waals surface area contributed by atoms with E-state index in [-0.39, 0.29) is 17.4 Å². The summed E-state index contributed by atoms with van der Waals surface area (Å²) in [5.41, 5.74) is -0.393. The van der Waals surface area contributed by atoms with Gasteiger partial charge in [0.1, 0.15) is 5.54 Å². The molecule has 2 unspecified atom stereocenters. The van der Waals surface area contributed by atoms with E-state index >= 15 is 0 Å². The van der Waals surface area contributed by atoms with Crippen LogP contribution in [-0.2, 0) is 9.53 Å². The fraction of sp³-hybridized carbons (Fsp3) is 0.938. The van der Waals surface area contributed by atoms with E-state index in [9.17, 15) is 4.79 Å². The number of esters is 1. The Morgan fingerprint density at radius 3 is 2.47 bits per heavy atom. The Morgan fingerprint density at radius 2 is 2.00 bits per heavy atom. The molecule has 1 aliphatic rings. The lowest BCUT2D eigenvalue weighted by Crippen LogP contribution is -2.64. The maximum Gasteiger partial charge on any atom is 0.326 e. The van der Waals surface area contributed by atoms with Gasteiger partial charge in [-0.1, -0.05) is 33.6 Å². The van der Waals surface area contributed by atoms with Crippen LogP contribution in [0.3, 0.4) is 0 Å². The molecule has 3 heteroatoms. The smallest absolute Gasteiger partial charge is 0.326 e. The first-order valence-electron chi connectivity index (χ1n) is 7.69. The molecule has 0 heterocycles. The summed E-state index contributed by atoms with van der Waals surface area (Å²) < 4.78 is 5.41. The number of rotatable bonds is 4. The number of carbonyl (C=O) groups is 1. The summed E-state index contributed by atoms with van der Waals surface area (Å²) in [6.07, 6.45) is 4.31. The van der Waals surface area contributed by atoms with Crippen molar-refractivity contribution in [1.82, 2.24) is 5.32 Å². The molecule has 1 fully saturated rings. The predicted octanol–water partition coefficient (Wildman–Crippen LogP) is 3.52. The Kier molecular flexibility index (Phi) is 5.43. The van der Waals surface area contributed by atoms with Crippen LogP contribution in [0.2, 0.25) is 0 Å². The average molecular weight is 269 g/mol. The van der Waals surface area contributed by atoms with E-state index in [0.29, 0.717) is 12.5 Å². The molecule has 0 radical (unpaired) electrons. The standard InChI is InChI=1S/C16H31NO2/c1-7-19-14(18)16(17-12(2)3)11-9-8-10-13(16)15(4,5)6/h12-13,17H,7-11H2,1-6H3. The quantitative estimate of drug-likeness (QED) is 0.794. The van der Waals surface area contributed by atoms with Crippen molar-refractivity contribution in [2.45, 2.75) is 78.8 Å². The summed E-state index contributed by atoms with van der Waals surface area (Å²) in [4.78, 5) is 12.6. The molecule has 1 saturated carbocycles. The van der Waals surface area contributed by atoms with Gasteiger partial charge in [0, 0.05) is 6.04 Å². The normalized spacial score (nSPS) is 28.5. The molecular weight excluding hydrogens is 238 g/mol. The van der Waals surface area contributed by atoms with E-state index in [1.165, 1.54) is 6.42 Å². The lowest BCUT2D eigenvalue weighted by atomic mass is 9.61. The Labute approximate surface area is 118 Å². The van der Waals surface area contributed by atoms with Crippen LogP contribution in [0.15, 0.2) is 0 Å². The SMILES string of the molecule is CCOC(=O)C1(NC(C)C)CCCCC1C(C)(C)C. The molecule has 0 aliphatic heterocycles.